The van der Waals surface area contributed by atoms with Gasteiger partial charge in [-0.2, -0.15) is 13.7 Å². The van der Waals surface area contributed by atoms with E-state index < -0.39 is 21.8 Å². The molecule has 1 fully saturated rings. The summed E-state index contributed by atoms with van der Waals surface area (Å²) in [4.78, 5) is 24.7. The summed E-state index contributed by atoms with van der Waals surface area (Å²) in [6.45, 7) is -0.328. The number of nitrogens with one attached hydrogen (secondary N) is 2. The Balaban J connectivity index is 1.46. The first-order valence-electron chi connectivity index (χ1n) is 12.4. The van der Waals surface area contributed by atoms with Crippen molar-refractivity contribution in [3.8, 4) is 11.8 Å². The van der Waals surface area contributed by atoms with Crippen molar-refractivity contribution in [1.82, 2.24) is 24.8 Å². The third kappa shape index (κ3) is 5.74. The van der Waals surface area contributed by atoms with Crippen LogP contribution in [0, 0.1) is 17.2 Å². The van der Waals surface area contributed by atoms with Crippen LogP contribution in [0.15, 0.2) is 46.9 Å². The van der Waals surface area contributed by atoms with E-state index in [1.165, 1.54) is 18.2 Å². The van der Waals surface area contributed by atoms with Crippen LogP contribution in [-0.4, -0.2) is 55.8 Å². The molecular formula is C25H26N8O5S. The molecule has 39 heavy (non-hydrogen) atoms. The molecule has 3 heterocycles. The fourth-order valence-electron chi connectivity index (χ4n) is 4.99. The Kier molecular flexibility index (Phi) is 7.27. The van der Waals surface area contributed by atoms with Gasteiger partial charge in [0.2, 0.25) is 0 Å². The number of nitriles is 1. The molecule has 0 atom stereocenters. The number of rotatable bonds is 8. The lowest BCUT2D eigenvalue weighted by Crippen LogP contribution is -2.28. The molecule has 14 heteroatoms. The lowest BCUT2D eigenvalue weighted by Gasteiger charge is -2.29. The van der Waals surface area contributed by atoms with Gasteiger partial charge in [0.1, 0.15) is 16.9 Å². The number of nitrogens with zero attached hydrogens (tertiary/aromatic N) is 6. The van der Waals surface area contributed by atoms with Crippen LogP contribution in [0.1, 0.15) is 48.5 Å². The molecule has 13 nitrogen and oxygen atoms in total. The van der Waals surface area contributed by atoms with Crippen LogP contribution >= 0.6 is 0 Å². The fourth-order valence-corrected chi connectivity index (χ4v) is 5.35. The van der Waals surface area contributed by atoms with Gasteiger partial charge in [0.05, 0.1) is 34.8 Å². The minimum atomic E-state index is -4.24. The molecule has 0 unspecified atom stereocenters. The minimum Gasteiger partial charge on any atom is -0.507 e. The van der Waals surface area contributed by atoms with E-state index >= 15 is 0 Å². The van der Waals surface area contributed by atoms with Crippen molar-refractivity contribution < 1.29 is 22.9 Å². The van der Waals surface area contributed by atoms with Crippen molar-refractivity contribution in [3.63, 3.8) is 0 Å². The number of hydrogen-bond donors (Lipinski definition) is 4. The van der Waals surface area contributed by atoms with Gasteiger partial charge in [-0.05, 0) is 55.9 Å². The largest absolute Gasteiger partial charge is 0.507 e. The third-order valence-corrected chi connectivity index (χ3v) is 7.62. The Bertz CT molecular complexity index is 1710. The lowest BCUT2D eigenvalue weighted by atomic mass is 9.84. The predicted molar refractivity (Wildman–Crippen MR) is 142 cm³/mol. The second kappa shape index (κ2) is 10.8. The van der Waals surface area contributed by atoms with Crippen LogP contribution in [0.5, 0.6) is 5.75 Å². The summed E-state index contributed by atoms with van der Waals surface area (Å²) >= 11 is 0. The number of hydrogen-bond acceptors (Lipinski definition) is 9. The summed E-state index contributed by atoms with van der Waals surface area (Å²) in [6.07, 6.45) is 7.61. The quantitative estimate of drug-likeness (QED) is 0.184. The molecule has 1 aromatic carbocycles. The number of benzene rings is 1. The summed E-state index contributed by atoms with van der Waals surface area (Å²) < 4.78 is 32.7. The highest BCUT2D eigenvalue weighted by Gasteiger charge is 2.27. The van der Waals surface area contributed by atoms with Crippen molar-refractivity contribution in [2.75, 3.05) is 12.3 Å². The Morgan fingerprint density at radius 1 is 1.23 bits per heavy atom. The van der Waals surface area contributed by atoms with Crippen LogP contribution < -0.4 is 5.32 Å². The molecule has 0 bridgehead atoms. The molecule has 0 spiro atoms. The van der Waals surface area contributed by atoms with E-state index in [1.54, 1.807) is 6.20 Å². The number of phenols is 1. The highest BCUT2D eigenvalue weighted by molar-refractivity contribution is 7.85. The number of fused-ring (bicyclic) bond motifs is 3. The highest BCUT2D eigenvalue weighted by atomic mass is 32.2. The normalized spacial score (nSPS) is 18.1. The lowest BCUT2D eigenvalue weighted by molar-refractivity contribution is 0.0953. The number of aromatic amines is 1. The van der Waals surface area contributed by atoms with E-state index in [-0.39, 0.29) is 29.6 Å². The number of aromatic hydroxyl groups is 1. The number of H-pyrrole nitrogens is 1. The number of azo groups is 1. The summed E-state index contributed by atoms with van der Waals surface area (Å²) in [7, 11) is -4.24. The van der Waals surface area contributed by atoms with Crippen LogP contribution in [0.25, 0.3) is 22.1 Å². The smallest absolute Gasteiger partial charge is 0.266 e. The van der Waals surface area contributed by atoms with Gasteiger partial charge in [-0.3, -0.25) is 9.35 Å². The van der Waals surface area contributed by atoms with E-state index in [2.05, 4.69) is 36.1 Å². The molecule has 3 aromatic heterocycles. The average molecular weight is 551 g/mol. The monoisotopic (exact) mass is 550 g/mol. The number of amides is 1. The Labute approximate surface area is 223 Å². The first-order valence-corrected chi connectivity index (χ1v) is 14.0. The number of imidazole rings is 1. The fraction of sp³-hybridized carbons (Fsp3) is 0.360. The van der Waals surface area contributed by atoms with Crippen LogP contribution in [0.2, 0.25) is 0 Å². The van der Waals surface area contributed by atoms with Crippen molar-refractivity contribution in [1.29, 1.82) is 5.26 Å². The third-order valence-electron chi connectivity index (χ3n) is 6.90. The van der Waals surface area contributed by atoms with E-state index in [0.717, 1.165) is 42.2 Å². The Morgan fingerprint density at radius 3 is 2.77 bits per heavy atom. The van der Waals surface area contributed by atoms with Gasteiger partial charge in [-0.15, -0.1) is 10.2 Å². The molecule has 1 saturated carbocycles. The maximum Gasteiger partial charge on any atom is 0.266 e. The number of carbonyl (C=O) groups is 1. The number of carbonyl (C=O) groups excluding carboxylic acids is 1. The zero-order chi connectivity index (χ0) is 27.6. The van der Waals surface area contributed by atoms with Crippen LogP contribution in [-0.2, 0) is 10.1 Å². The van der Waals surface area contributed by atoms with Gasteiger partial charge >= 0.3 is 0 Å². The molecule has 1 aliphatic rings. The van der Waals surface area contributed by atoms with Gasteiger partial charge in [-0.25, -0.2) is 9.97 Å². The number of aromatic nitrogens is 4. The topological polar surface area (TPSA) is 199 Å². The first kappa shape index (κ1) is 26.3. The molecule has 1 amide bonds. The summed E-state index contributed by atoms with van der Waals surface area (Å²) in [5.74, 6) is -0.955. The van der Waals surface area contributed by atoms with Gasteiger partial charge in [-0.1, -0.05) is 0 Å². The van der Waals surface area contributed by atoms with Gasteiger partial charge in [0.25, 0.3) is 22.0 Å². The summed E-state index contributed by atoms with van der Waals surface area (Å²) in [5.41, 5.74) is 2.44. The van der Waals surface area contributed by atoms with Crippen molar-refractivity contribution >= 4 is 49.7 Å². The van der Waals surface area contributed by atoms with Crippen LogP contribution in [0.4, 0.5) is 11.6 Å². The number of pyridine rings is 1. The van der Waals surface area contributed by atoms with Crippen LogP contribution in [0.3, 0.4) is 0 Å². The molecule has 202 valence electrons. The molecule has 1 aliphatic carbocycles. The molecule has 4 N–H and O–H groups in total. The zero-order valence-corrected chi connectivity index (χ0v) is 21.6. The van der Waals surface area contributed by atoms with Crippen molar-refractivity contribution in [2.24, 2.45) is 16.1 Å². The minimum absolute atomic E-state index is 0.100. The second-order valence-corrected chi connectivity index (χ2v) is 11.1. The van der Waals surface area contributed by atoms with Crippen molar-refractivity contribution in [2.45, 2.75) is 38.1 Å². The second-order valence-electron chi connectivity index (χ2n) is 9.49. The van der Waals surface area contributed by atoms with E-state index in [0.29, 0.717) is 23.8 Å². The van der Waals surface area contributed by atoms with Crippen molar-refractivity contribution in [3.05, 3.63) is 42.2 Å². The van der Waals surface area contributed by atoms with Gasteiger partial charge in [0.15, 0.2) is 0 Å². The molecule has 5 rings (SSSR count). The van der Waals surface area contributed by atoms with Gasteiger partial charge < -0.3 is 20.0 Å². The zero-order valence-electron chi connectivity index (χ0n) is 20.8. The maximum atomic E-state index is 12.5. The maximum absolute atomic E-state index is 12.5. The SMILES string of the molecule is N#CCC1CCC(n2c(N=Nc3ccc(O)c(C(=O)NCCS(=O)(=O)O)c3)nc3cnc4[nH]ccc4c32)CC1. The van der Waals surface area contributed by atoms with E-state index in [4.69, 9.17) is 14.8 Å². The van der Waals surface area contributed by atoms with Gasteiger partial charge in [0, 0.05) is 30.6 Å². The molecule has 0 saturated heterocycles. The average Bonchev–Trinajstić information content (AvgIpc) is 3.52. The molecule has 4 aromatic rings. The van der Waals surface area contributed by atoms with E-state index in [1.807, 2.05) is 12.3 Å². The first-order chi connectivity index (χ1) is 18.7. The standard InChI is InChI=1S/C25H26N8O5S/c26-9-7-15-1-4-17(5-2-15)33-22-18-8-10-27-23(18)29-14-20(22)30-25(33)32-31-16-3-6-21(34)19(13-16)24(35)28-11-12-39(36,37)38/h3,6,8,10,13-15,17,34H,1-2,4-5,7,11-12H2,(H,27,29)(H,28,35)(H,36,37,38). The number of phenolic OH excluding ortho intramolecular Hbond substituents is 1. The molecular weight excluding hydrogens is 524 g/mol. The summed E-state index contributed by atoms with van der Waals surface area (Å²) in [6, 6.07) is 8.42. The molecule has 0 radical (unpaired) electrons. The van der Waals surface area contributed by atoms with E-state index in [9.17, 15) is 18.3 Å². The highest BCUT2D eigenvalue weighted by Crippen LogP contribution is 2.40. The Morgan fingerprint density at radius 2 is 2.03 bits per heavy atom. The Hall–Kier alpha value is -4.35. The molecule has 0 aliphatic heterocycles. The summed E-state index contributed by atoms with van der Waals surface area (Å²) in [5, 5.41) is 31.2. The predicted octanol–water partition coefficient (Wildman–Crippen LogP) is 4.30.